The van der Waals surface area contributed by atoms with Gasteiger partial charge in [-0.25, -0.2) is 9.98 Å². The molecule has 0 unspecified atom stereocenters. The highest BCUT2D eigenvalue weighted by molar-refractivity contribution is 5.95. The molecule has 4 rings (SSSR count). The molecule has 0 aliphatic rings. The van der Waals surface area contributed by atoms with Crippen molar-refractivity contribution in [1.82, 2.24) is 0 Å². The zero-order chi connectivity index (χ0) is 22.8. The largest absolute Gasteiger partial charge is 0.229 e. The Morgan fingerprint density at radius 3 is 1.78 bits per heavy atom. The summed E-state index contributed by atoms with van der Waals surface area (Å²) >= 11 is 0. The van der Waals surface area contributed by atoms with Crippen molar-refractivity contribution in [2.24, 2.45) is 20.0 Å². The van der Waals surface area contributed by atoms with Gasteiger partial charge < -0.3 is 0 Å². The first kappa shape index (κ1) is 22.6. The fraction of sp³-hybridized carbons (Fsp3) is 0.143. The summed E-state index contributed by atoms with van der Waals surface area (Å²) in [5, 5.41) is 2.38. The van der Waals surface area contributed by atoms with Crippen LogP contribution >= 0.6 is 0 Å². The molecule has 0 aliphatic carbocycles. The van der Waals surface area contributed by atoms with E-state index >= 15 is 0 Å². The van der Waals surface area contributed by atoms with Gasteiger partial charge in [0.15, 0.2) is 0 Å². The van der Waals surface area contributed by atoms with Crippen molar-refractivity contribution in [2.75, 3.05) is 14.1 Å². The van der Waals surface area contributed by atoms with Gasteiger partial charge in [-0.15, -0.1) is 0 Å². The summed E-state index contributed by atoms with van der Waals surface area (Å²) < 4.78 is 0. The molecule has 0 spiro atoms. The lowest BCUT2D eigenvalue weighted by Crippen LogP contribution is -1.77. The third-order valence-corrected chi connectivity index (χ3v) is 4.92. The average molecular weight is 419 g/mol. The van der Waals surface area contributed by atoms with Gasteiger partial charge in [-0.2, -0.15) is 9.98 Å². The Morgan fingerprint density at radius 2 is 1.12 bits per heavy atom. The van der Waals surface area contributed by atoms with E-state index in [0.717, 1.165) is 16.8 Å². The lowest BCUT2D eigenvalue weighted by Gasteiger charge is -2.02. The maximum Gasteiger partial charge on any atom is 0.0946 e. The lowest BCUT2D eigenvalue weighted by molar-refractivity contribution is 1.44. The van der Waals surface area contributed by atoms with Crippen LogP contribution in [-0.4, -0.2) is 26.1 Å². The Kier molecular flexibility index (Phi) is 8.00. The first-order valence-electron chi connectivity index (χ1n) is 10.4. The maximum atomic E-state index is 4.18. The van der Waals surface area contributed by atoms with Crippen molar-refractivity contribution < 1.29 is 0 Å². The van der Waals surface area contributed by atoms with Gasteiger partial charge >= 0.3 is 0 Å². The second kappa shape index (κ2) is 11.3. The number of benzene rings is 4. The molecule has 0 fully saturated rings. The fourth-order valence-electron chi connectivity index (χ4n) is 3.23. The standard InChI is InChI=1S/C15H14N2.C13H12N2/c1-12-3-5-13(6-4-12)14-7-9-15(10-8-14)17-11-16-2;1-10-5-3-7-12-11(10)6-4-8-13(12)15-9-14-2/h3-10H,1-2H3;3-8H,1-2H3. The number of hydrogen-bond donors (Lipinski definition) is 0. The highest BCUT2D eigenvalue weighted by Crippen LogP contribution is 2.27. The molecule has 0 aliphatic heterocycles. The monoisotopic (exact) mass is 418 g/mol. The minimum absolute atomic E-state index is 0.867. The molecule has 0 radical (unpaired) electrons. The Hall–Kier alpha value is -4.10. The van der Waals surface area contributed by atoms with Crippen LogP contribution in [-0.2, 0) is 0 Å². The van der Waals surface area contributed by atoms with Crippen LogP contribution in [0.2, 0.25) is 0 Å². The van der Waals surface area contributed by atoms with Crippen molar-refractivity contribution in [3.05, 3.63) is 96.1 Å². The molecular weight excluding hydrogens is 392 g/mol. The highest BCUT2D eigenvalue weighted by Gasteiger charge is 2.00. The zero-order valence-electron chi connectivity index (χ0n) is 18.9. The van der Waals surface area contributed by atoms with E-state index in [4.69, 9.17) is 0 Å². The molecular formula is C28H26N4. The van der Waals surface area contributed by atoms with Gasteiger partial charge in [0.2, 0.25) is 0 Å². The normalized spacial score (nSPS) is 9.62. The Bertz CT molecular complexity index is 1300. The van der Waals surface area contributed by atoms with Gasteiger partial charge in [-0.05, 0) is 54.1 Å². The van der Waals surface area contributed by atoms with E-state index in [1.165, 1.54) is 27.6 Å². The lowest BCUT2D eigenvalue weighted by atomic mass is 10.0. The predicted molar refractivity (Wildman–Crippen MR) is 136 cm³/mol. The zero-order valence-corrected chi connectivity index (χ0v) is 18.9. The quantitative estimate of drug-likeness (QED) is 0.306. The van der Waals surface area contributed by atoms with Gasteiger partial charge in [0.05, 0.1) is 23.4 Å². The van der Waals surface area contributed by atoms with Crippen LogP contribution in [0.1, 0.15) is 11.1 Å². The Balaban J connectivity index is 0.000000182. The first-order chi connectivity index (χ1) is 15.6. The molecule has 0 saturated carbocycles. The molecule has 0 N–H and O–H groups in total. The predicted octanol–water partition coefficient (Wildman–Crippen LogP) is 7.68. The van der Waals surface area contributed by atoms with Crippen LogP contribution in [0.3, 0.4) is 0 Å². The minimum atomic E-state index is 0.867. The molecule has 4 heteroatoms. The van der Waals surface area contributed by atoms with Crippen molar-refractivity contribution in [2.45, 2.75) is 13.8 Å². The molecule has 0 atom stereocenters. The van der Waals surface area contributed by atoms with E-state index in [-0.39, 0.29) is 0 Å². The van der Waals surface area contributed by atoms with Gasteiger partial charge in [0.1, 0.15) is 0 Å². The van der Waals surface area contributed by atoms with E-state index in [1.807, 2.05) is 30.3 Å². The maximum absolute atomic E-state index is 4.18. The molecule has 4 nitrogen and oxygen atoms in total. The van der Waals surface area contributed by atoms with Gasteiger partial charge in [-0.1, -0.05) is 72.3 Å². The summed E-state index contributed by atoms with van der Waals surface area (Å²) in [4.78, 5) is 15.7. The van der Waals surface area contributed by atoms with Crippen molar-refractivity contribution in [1.29, 1.82) is 0 Å². The first-order valence-corrected chi connectivity index (χ1v) is 10.4. The molecule has 0 heterocycles. The molecule has 4 aromatic carbocycles. The number of nitrogens with zero attached hydrogens (tertiary/aromatic N) is 4. The van der Waals surface area contributed by atoms with E-state index in [1.54, 1.807) is 14.1 Å². The average Bonchev–Trinajstić information content (AvgIpc) is 2.83. The van der Waals surface area contributed by atoms with E-state index < -0.39 is 0 Å². The van der Waals surface area contributed by atoms with Gasteiger partial charge in [0, 0.05) is 19.5 Å². The summed E-state index contributed by atoms with van der Waals surface area (Å²) in [6.45, 7) is 4.19. The van der Waals surface area contributed by atoms with Crippen LogP contribution < -0.4 is 0 Å². The van der Waals surface area contributed by atoms with Crippen LogP contribution in [0.4, 0.5) is 11.4 Å². The Labute approximate surface area is 189 Å². The third kappa shape index (κ3) is 5.96. The van der Waals surface area contributed by atoms with E-state index in [0.29, 0.717) is 0 Å². The second-order valence-corrected chi connectivity index (χ2v) is 7.23. The SMILES string of the molecule is CN=C=Nc1ccc(-c2ccc(C)cc2)cc1.CN=C=Nc1cccc2c(C)cccc12. The second-order valence-electron chi connectivity index (χ2n) is 7.23. The number of hydrogen-bond acceptors (Lipinski definition) is 4. The van der Waals surface area contributed by atoms with E-state index in [9.17, 15) is 0 Å². The Morgan fingerprint density at radius 1 is 0.562 bits per heavy atom. The van der Waals surface area contributed by atoms with Crippen molar-refractivity contribution in [3.63, 3.8) is 0 Å². The van der Waals surface area contributed by atoms with Crippen LogP contribution in [0.5, 0.6) is 0 Å². The van der Waals surface area contributed by atoms with E-state index in [2.05, 4.69) is 100 Å². The molecule has 158 valence electrons. The van der Waals surface area contributed by atoms with Crippen LogP contribution in [0.15, 0.2) is 105 Å². The molecule has 0 aromatic heterocycles. The molecule has 0 saturated heterocycles. The smallest absolute Gasteiger partial charge is 0.0946 e. The topological polar surface area (TPSA) is 49.4 Å². The molecule has 32 heavy (non-hydrogen) atoms. The molecule has 0 amide bonds. The van der Waals surface area contributed by atoms with Crippen molar-refractivity contribution in [3.8, 4) is 11.1 Å². The third-order valence-electron chi connectivity index (χ3n) is 4.92. The molecule has 4 aromatic rings. The summed E-state index contributed by atoms with van der Waals surface area (Å²) in [6, 6.07) is 34.0. The number of fused-ring (bicyclic) bond motifs is 1. The summed E-state index contributed by atoms with van der Waals surface area (Å²) in [7, 11) is 3.32. The van der Waals surface area contributed by atoms with Gasteiger partial charge in [-0.3, -0.25) is 0 Å². The molecule has 0 bridgehead atoms. The number of aliphatic imine (C=N–C) groups is 4. The van der Waals surface area contributed by atoms with Crippen LogP contribution in [0.25, 0.3) is 21.9 Å². The summed E-state index contributed by atoms with van der Waals surface area (Å²) in [6.07, 6.45) is 0. The number of rotatable bonds is 3. The number of aryl methyl sites for hydroxylation is 2. The van der Waals surface area contributed by atoms with Crippen molar-refractivity contribution >= 4 is 34.2 Å². The summed E-state index contributed by atoms with van der Waals surface area (Å²) in [5.41, 5.74) is 6.73. The summed E-state index contributed by atoms with van der Waals surface area (Å²) in [5.74, 6) is 0. The van der Waals surface area contributed by atoms with Crippen LogP contribution in [0, 0.1) is 13.8 Å². The highest BCUT2D eigenvalue weighted by atomic mass is 14.8. The fourth-order valence-corrected chi connectivity index (χ4v) is 3.23. The van der Waals surface area contributed by atoms with Gasteiger partial charge in [0.25, 0.3) is 0 Å². The minimum Gasteiger partial charge on any atom is -0.229 e.